The maximum Gasteiger partial charge on any atom is 0.165 e. The molecule has 0 aliphatic carbocycles. The molecule has 0 bridgehead atoms. The van der Waals surface area contributed by atoms with Crippen molar-refractivity contribution in [1.82, 2.24) is 10.2 Å². The molecule has 4 heteroatoms. The molecule has 1 atom stereocenters. The summed E-state index contributed by atoms with van der Waals surface area (Å²) >= 11 is 0. The van der Waals surface area contributed by atoms with Crippen molar-refractivity contribution in [3.63, 3.8) is 0 Å². The zero-order valence-corrected chi connectivity index (χ0v) is 11.8. The molecule has 1 heterocycles. The van der Waals surface area contributed by atoms with Gasteiger partial charge in [-0.1, -0.05) is 6.07 Å². The van der Waals surface area contributed by atoms with Crippen LogP contribution in [-0.4, -0.2) is 44.7 Å². The summed E-state index contributed by atoms with van der Waals surface area (Å²) in [6, 6.07) is 5.82. The molecule has 2 rings (SSSR count). The molecule has 1 fully saturated rings. The van der Waals surface area contributed by atoms with E-state index in [0.717, 1.165) is 31.6 Å². The highest BCUT2D eigenvalue weighted by Crippen LogP contribution is 2.18. The van der Waals surface area contributed by atoms with Crippen LogP contribution in [0.3, 0.4) is 0 Å². The van der Waals surface area contributed by atoms with E-state index in [1.165, 1.54) is 20.0 Å². The maximum atomic E-state index is 13.6. The summed E-state index contributed by atoms with van der Waals surface area (Å²) in [7, 11) is 3.61. The Morgan fingerprint density at radius 2 is 2.32 bits per heavy atom. The Bertz CT molecular complexity index is 405. The van der Waals surface area contributed by atoms with Gasteiger partial charge in [-0.3, -0.25) is 0 Å². The highest BCUT2D eigenvalue weighted by Gasteiger charge is 2.15. The lowest BCUT2D eigenvalue weighted by Gasteiger charge is -2.21. The second-order valence-corrected chi connectivity index (χ2v) is 5.27. The molecular formula is C15H23FN2O. The van der Waals surface area contributed by atoms with Crippen LogP contribution in [0.5, 0.6) is 5.75 Å². The molecule has 1 aliphatic rings. The largest absolute Gasteiger partial charge is 0.494 e. The average Bonchev–Trinajstić information content (AvgIpc) is 2.89. The van der Waals surface area contributed by atoms with E-state index >= 15 is 0 Å². The lowest BCUT2D eigenvalue weighted by Crippen LogP contribution is -2.36. The van der Waals surface area contributed by atoms with Crippen molar-refractivity contribution < 1.29 is 9.13 Å². The Labute approximate surface area is 114 Å². The number of hydrogen-bond donors (Lipinski definition) is 1. The molecule has 0 amide bonds. The molecule has 0 saturated carbocycles. The van der Waals surface area contributed by atoms with Gasteiger partial charge in [0.2, 0.25) is 0 Å². The number of hydrogen-bond acceptors (Lipinski definition) is 3. The molecule has 0 radical (unpaired) electrons. The molecule has 0 aromatic heterocycles. The van der Waals surface area contributed by atoms with Gasteiger partial charge in [0.15, 0.2) is 11.6 Å². The van der Waals surface area contributed by atoms with Crippen LogP contribution in [-0.2, 0) is 6.42 Å². The summed E-state index contributed by atoms with van der Waals surface area (Å²) in [5.41, 5.74) is 1.02. The fraction of sp³-hybridized carbons (Fsp3) is 0.600. The van der Waals surface area contributed by atoms with Gasteiger partial charge in [0.1, 0.15) is 0 Å². The number of rotatable bonds is 6. The van der Waals surface area contributed by atoms with Gasteiger partial charge in [0, 0.05) is 19.1 Å². The summed E-state index contributed by atoms with van der Waals surface area (Å²) in [5, 5.41) is 3.49. The summed E-state index contributed by atoms with van der Waals surface area (Å²) in [6.45, 7) is 3.16. The van der Waals surface area contributed by atoms with Crippen molar-refractivity contribution in [3.05, 3.63) is 29.6 Å². The molecule has 1 unspecified atom stereocenters. The number of likely N-dealkylation sites (N-methyl/N-ethyl adjacent to an activating group) is 1. The van der Waals surface area contributed by atoms with Crippen molar-refractivity contribution in [2.45, 2.75) is 25.3 Å². The van der Waals surface area contributed by atoms with Crippen molar-refractivity contribution in [3.8, 4) is 5.75 Å². The maximum absolute atomic E-state index is 13.6. The van der Waals surface area contributed by atoms with Crippen LogP contribution in [0.4, 0.5) is 4.39 Å². The van der Waals surface area contributed by atoms with Crippen LogP contribution in [0.25, 0.3) is 0 Å². The van der Waals surface area contributed by atoms with E-state index < -0.39 is 0 Å². The first-order chi connectivity index (χ1) is 9.19. The van der Waals surface area contributed by atoms with Crippen molar-refractivity contribution in [1.29, 1.82) is 0 Å². The van der Waals surface area contributed by atoms with Crippen LogP contribution < -0.4 is 10.1 Å². The first-order valence-corrected chi connectivity index (χ1v) is 6.93. The van der Waals surface area contributed by atoms with Gasteiger partial charge in [0.05, 0.1) is 7.11 Å². The third-order valence-corrected chi connectivity index (χ3v) is 3.69. The second kappa shape index (κ2) is 6.87. The van der Waals surface area contributed by atoms with E-state index in [4.69, 9.17) is 4.74 Å². The third kappa shape index (κ3) is 4.18. The fourth-order valence-corrected chi connectivity index (χ4v) is 2.57. The molecular weight excluding hydrogens is 243 g/mol. The predicted molar refractivity (Wildman–Crippen MR) is 75.2 cm³/mol. The number of halogens is 1. The topological polar surface area (TPSA) is 24.5 Å². The summed E-state index contributed by atoms with van der Waals surface area (Å²) in [6.07, 6.45) is 3.41. The van der Waals surface area contributed by atoms with Gasteiger partial charge >= 0.3 is 0 Å². The first-order valence-electron chi connectivity index (χ1n) is 6.93. The number of benzene rings is 1. The first kappa shape index (κ1) is 14.3. The molecule has 1 aromatic rings. The van der Waals surface area contributed by atoms with Gasteiger partial charge < -0.3 is 15.0 Å². The second-order valence-electron chi connectivity index (χ2n) is 5.27. The lowest BCUT2D eigenvalue weighted by atomic mass is 10.1. The lowest BCUT2D eigenvalue weighted by molar-refractivity contribution is 0.303. The van der Waals surface area contributed by atoms with Gasteiger partial charge in [-0.2, -0.15) is 0 Å². The Balaban J connectivity index is 1.79. The van der Waals surface area contributed by atoms with Gasteiger partial charge in [-0.25, -0.2) is 4.39 Å². The SMILES string of the molecule is COc1ccc(CCN(C)CC2CCCN2)cc1F. The monoisotopic (exact) mass is 266 g/mol. The van der Waals surface area contributed by atoms with E-state index in [0.29, 0.717) is 11.8 Å². The zero-order valence-electron chi connectivity index (χ0n) is 11.8. The quantitative estimate of drug-likeness (QED) is 0.853. The smallest absolute Gasteiger partial charge is 0.165 e. The van der Waals surface area contributed by atoms with Gasteiger partial charge in [0.25, 0.3) is 0 Å². The molecule has 1 saturated heterocycles. The van der Waals surface area contributed by atoms with Crippen molar-refractivity contribution >= 4 is 0 Å². The van der Waals surface area contributed by atoms with E-state index in [2.05, 4.69) is 17.3 Å². The molecule has 106 valence electrons. The highest BCUT2D eigenvalue weighted by molar-refractivity contribution is 5.29. The number of nitrogens with zero attached hydrogens (tertiary/aromatic N) is 1. The Morgan fingerprint density at radius 1 is 1.47 bits per heavy atom. The van der Waals surface area contributed by atoms with E-state index in [1.54, 1.807) is 12.1 Å². The summed E-state index contributed by atoms with van der Waals surface area (Å²) in [5.74, 6) is 0.0346. The molecule has 1 aromatic carbocycles. The minimum Gasteiger partial charge on any atom is -0.494 e. The van der Waals surface area contributed by atoms with Crippen LogP contribution in [0.1, 0.15) is 18.4 Å². The molecule has 1 aliphatic heterocycles. The van der Waals surface area contributed by atoms with Crippen molar-refractivity contribution in [2.24, 2.45) is 0 Å². The van der Waals surface area contributed by atoms with E-state index in [9.17, 15) is 4.39 Å². The van der Waals surface area contributed by atoms with Crippen LogP contribution >= 0.6 is 0 Å². The van der Waals surface area contributed by atoms with Crippen LogP contribution in [0.2, 0.25) is 0 Å². The van der Waals surface area contributed by atoms with Crippen LogP contribution in [0.15, 0.2) is 18.2 Å². The summed E-state index contributed by atoms with van der Waals surface area (Å²) < 4.78 is 18.5. The van der Waals surface area contributed by atoms with Gasteiger partial charge in [-0.15, -0.1) is 0 Å². The number of methoxy groups -OCH3 is 1. The summed E-state index contributed by atoms with van der Waals surface area (Å²) in [4.78, 5) is 2.31. The van der Waals surface area contributed by atoms with E-state index in [1.807, 2.05) is 6.07 Å². The third-order valence-electron chi connectivity index (χ3n) is 3.69. The average molecular weight is 266 g/mol. The predicted octanol–water partition coefficient (Wildman–Crippen LogP) is 2.06. The molecule has 0 spiro atoms. The Kier molecular flexibility index (Phi) is 5.16. The minimum absolute atomic E-state index is 0.278. The fourth-order valence-electron chi connectivity index (χ4n) is 2.57. The minimum atomic E-state index is -0.278. The number of ether oxygens (including phenoxy) is 1. The van der Waals surface area contributed by atoms with Crippen molar-refractivity contribution in [2.75, 3.05) is 33.8 Å². The molecule has 1 N–H and O–H groups in total. The highest BCUT2D eigenvalue weighted by atomic mass is 19.1. The molecule has 3 nitrogen and oxygen atoms in total. The standard InChI is InChI=1S/C15H23FN2O/c1-18(11-13-4-3-8-17-13)9-7-12-5-6-15(19-2)14(16)10-12/h5-6,10,13,17H,3-4,7-9,11H2,1-2H3. The number of nitrogens with one attached hydrogen (secondary N) is 1. The Morgan fingerprint density at radius 3 is 2.95 bits per heavy atom. The Hall–Kier alpha value is -1.13. The van der Waals surface area contributed by atoms with E-state index in [-0.39, 0.29) is 5.82 Å². The molecule has 19 heavy (non-hydrogen) atoms. The zero-order chi connectivity index (χ0) is 13.7. The normalized spacial score (nSPS) is 19.1. The van der Waals surface area contributed by atoms with Gasteiger partial charge in [-0.05, 0) is 50.6 Å². The van der Waals surface area contributed by atoms with Crippen LogP contribution in [0, 0.1) is 5.82 Å².